The zero-order valence-corrected chi connectivity index (χ0v) is 9.75. The van der Waals surface area contributed by atoms with Crippen LogP contribution in [0, 0.1) is 5.82 Å². The number of nitrogens with zero attached hydrogens (tertiary/aromatic N) is 2. The van der Waals surface area contributed by atoms with Crippen molar-refractivity contribution in [3.63, 3.8) is 0 Å². The van der Waals surface area contributed by atoms with Crippen LogP contribution < -0.4 is 5.73 Å². The molecule has 86 valence electrons. The summed E-state index contributed by atoms with van der Waals surface area (Å²) in [5.74, 6) is 0.0117. The number of para-hydroxylation sites is 1. The molecule has 0 aliphatic heterocycles. The molecule has 0 aliphatic carbocycles. The van der Waals surface area contributed by atoms with Gasteiger partial charge in [0.25, 0.3) is 0 Å². The second-order valence-corrected chi connectivity index (χ2v) is 4.78. The minimum atomic E-state index is -0.334. The summed E-state index contributed by atoms with van der Waals surface area (Å²) in [5.41, 5.74) is 6.90. The van der Waals surface area contributed by atoms with E-state index >= 15 is 0 Å². The summed E-state index contributed by atoms with van der Waals surface area (Å²) in [5, 5.41) is 2.01. The van der Waals surface area contributed by atoms with E-state index in [1.54, 1.807) is 17.4 Å². The molecule has 0 amide bonds. The van der Waals surface area contributed by atoms with Crippen molar-refractivity contribution in [2.24, 2.45) is 0 Å². The average molecular weight is 247 g/mol. The largest absolute Gasteiger partial charge is 0.369 e. The summed E-state index contributed by atoms with van der Waals surface area (Å²) in [6.45, 7) is 0.628. The van der Waals surface area contributed by atoms with Crippen LogP contribution in [0.2, 0.25) is 0 Å². The summed E-state index contributed by atoms with van der Waals surface area (Å²) in [6.07, 6.45) is 0. The van der Waals surface area contributed by atoms with Gasteiger partial charge in [0.05, 0.1) is 12.1 Å². The predicted octanol–water partition coefficient (Wildman–Crippen LogP) is 2.87. The summed E-state index contributed by atoms with van der Waals surface area (Å²) in [4.78, 5) is 5.23. The first-order valence-corrected chi connectivity index (χ1v) is 6.06. The van der Waals surface area contributed by atoms with Crippen molar-refractivity contribution in [3.05, 3.63) is 46.4 Å². The number of aromatic nitrogens is 2. The van der Waals surface area contributed by atoms with Crippen LogP contribution in [0.1, 0.15) is 4.88 Å². The molecule has 0 aliphatic rings. The molecule has 0 bridgehead atoms. The highest BCUT2D eigenvalue weighted by molar-refractivity contribution is 7.09. The van der Waals surface area contributed by atoms with Gasteiger partial charge in [0.2, 0.25) is 5.95 Å². The fourth-order valence-electron chi connectivity index (χ4n) is 1.86. The lowest BCUT2D eigenvalue weighted by Crippen LogP contribution is -2.03. The number of nitrogen functional groups attached to an aromatic ring is 1. The molecule has 0 atom stereocenters. The monoisotopic (exact) mass is 247 g/mol. The Labute approximate surface area is 101 Å². The topological polar surface area (TPSA) is 43.8 Å². The van der Waals surface area contributed by atoms with Crippen LogP contribution in [-0.4, -0.2) is 9.55 Å². The van der Waals surface area contributed by atoms with Crippen LogP contribution in [0.4, 0.5) is 10.3 Å². The number of thiophene rings is 1. The van der Waals surface area contributed by atoms with Crippen molar-refractivity contribution in [2.75, 3.05) is 5.73 Å². The molecule has 0 saturated carbocycles. The van der Waals surface area contributed by atoms with Crippen LogP contribution in [-0.2, 0) is 6.54 Å². The lowest BCUT2D eigenvalue weighted by Gasteiger charge is -2.04. The first kappa shape index (κ1) is 10.3. The van der Waals surface area contributed by atoms with E-state index in [1.165, 1.54) is 10.9 Å². The molecule has 0 radical (unpaired) electrons. The van der Waals surface area contributed by atoms with Gasteiger partial charge in [-0.25, -0.2) is 9.37 Å². The van der Waals surface area contributed by atoms with E-state index in [2.05, 4.69) is 4.98 Å². The van der Waals surface area contributed by atoms with Crippen molar-refractivity contribution >= 4 is 28.3 Å². The fourth-order valence-corrected chi connectivity index (χ4v) is 2.55. The first-order valence-electron chi connectivity index (χ1n) is 5.18. The van der Waals surface area contributed by atoms with Crippen molar-refractivity contribution in [1.29, 1.82) is 0 Å². The third-order valence-electron chi connectivity index (χ3n) is 2.65. The molecule has 3 nitrogen and oxygen atoms in total. The lowest BCUT2D eigenvalue weighted by atomic mass is 10.3. The molecule has 0 fully saturated rings. The molecule has 2 aromatic heterocycles. The van der Waals surface area contributed by atoms with Crippen LogP contribution >= 0.6 is 11.3 Å². The Bertz CT molecular complexity index is 658. The second-order valence-electron chi connectivity index (χ2n) is 3.74. The number of hydrogen-bond donors (Lipinski definition) is 1. The van der Waals surface area contributed by atoms with Gasteiger partial charge in [-0.15, -0.1) is 11.3 Å². The second kappa shape index (κ2) is 3.85. The van der Waals surface area contributed by atoms with Gasteiger partial charge in [-0.05, 0) is 23.6 Å². The minimum absolute atomic E-state index is 0.334. The average Bonchev–Trinajstić information content (AvgIpc) is 2.91. The lowest BCUT2D eigenvalue weighted by molar-refractivity contribution is 0.637. The molecule has 2 N–H and O–H groups in total. The number of imidazole rings is 1. The Kier molecular flexibility index (Phi) is 2.33. The molecule has 2 heterocycles. The molecule has 5 heteroatoms. The van der Waals surface area contributed by atoms with Gasteiger partial charge in [-0.1, -0.05) is 12.1 Å². The highest BCUT2D eigenvalue weighted by Gasteiger charge is 2.11. The molecule has 0 unspecified atom stereocenters. The quantitative estimate of drug-likeness (QED) is 0.756. The summed E-state index contributed by atoms with van der Waals surface area (Å²) in [7, 11) is 0. The van der Waals surface area contributed by atoms with Gasteiger partial charge in [-0.3, -0.25) is 0 Å². The molecular weight excluding hydrogens is 237 g/mol. The number of anilines is 1. The van der Waals surface area contributed by atoms with E-state index in [0.29, 0.717) is 18.0 Å². The van der Waals surface area contributed by atoms with Gasteiger partial charge < -0.3 is 10.3 Å². The fraction of sp³-hybridized carbons (Fsp3) is 0.0833. The van der Waals surface area contributed by atoms with E-state index in [-0.39, 0.29) is 5.82 Å². The van der Waals surface area contributed by atoms with Gasteiger partial charge in [0.1, 0.15) is 5.52 Å². The maximum Gasteiger partial charge on any atom is 0.201 e. The summed E-state index contributed by atoms with van der Waals surface area (Å²) in [6, 6.07) is 8.90. The number of halogens is 1. The Balaban J connectivity index is 2.16. The Morgan fingerprint density at radius 1 is 1.29 bits per heavy atom. The van der Waals surface area contributed by atoms with Crippen LogP contribution in [0.15, 0.2) is 35.7 Å². The summed E-state index contributed by atoms with van der Waals surface area (Å²) >= 11 is 1.64. The highest BCUT2D eigenvalue weighted by Crippen LogP contribution is 2.22. The molecule has 3 aromatic rings. The molecule has 3 rings (SSSR count). The van der Waals surface area contributed by atoms with Crippen LogP contribution in [0.5, 0.6) is 0 Å². The van der Waals surface area contributed by atoms with Gasteiger partial charge >= 0.3 is 0 Å². The van der Waals surface area contributed by atoms with Gasteiger partial charge in [0.15, 0.2) is 5.82 Å². The van der Waals surface area contributed by atoms with E-state index in [9.17, 15) is 4.39 Å². The van der Waals surface area contributed by atoms with Crippen molar-refractivity contribution in [1.82, 2.24) is 9.55 Å². The van der Waals surface area contributed by atoms with Crippen molar-refractivity contribution < 1.29 is 4.39 Å². The van der Waals surface area contributed by atoms with Gasteiger partial charge in [0, 0.05) is 4.88 Å². The van der Waals surface area contributed by atoms with E-state index in [0.717, 1.165) is 5.52 Å². The van der Waals surface area contributed by atoms with E-state index in [4.69, 9.17) is 5.73 Å². The zero-order valence-electron chi connectivity index (χ0n) is 8.93. The van der Waals surface area contributed by atoms with Crippen molar-refractivity contribution in [3.8, 4) is 0 Å². The summed E-state index contributed by atoms with van der Waals surface area (Å²) < 4.78 is 15.4. The molecule has 1 aromatic carbocycles. The maximum absolute atomic E-state index is 13.5. The van der Waals surface area contributed by atoms with Crippen molar-refractivity contribution in [2.45, 2.75) is 6.54 Å². The smallest absolute Gasteiger partial charge is 0.201 e. The van der Waals surface area contributed by atoms with E-state index in [1.807, 2.05) is 28.1 Å². The number of rotatable bonds is 2. The Morgan fingerprint density at radius 3 is 2.94 bits per heavy atom. The Hall–Kier alpha value is -1.88. The van der Waals surface area contributed by atoms with Crippen LogP contribution in [0.3, 0.4) is 0 Å². The third-order valence-corrected chi connectivity index (χ3v) is 3.51. The van der Waals surface area contributed by atoms with E-state index < -0.39 is 0 Å². The van der Waals surface area contributed by atoms with Gasteiger partial charge in [-0.2, -0.15) is 0 Å². The molecular formula is C12H10FN3S. The first-order chi connectivity index (χ1) is 8.25. The number of fused-ring (bicyclic) bond motifs is 1. The van der Waals surface area contributed by atoms with Crippen LogP contribution in [0.25, 0.3) is 11.0 Å². The standard InChI is InChI=1S/C12H10FN3S/c13-9-4-1-5-10-11(9)15-12(14)16(10)7-8-3-2-6-17-8/h1-6H,7H2,(H2,14,15). The molecule has 17 heavy (non-hydrogen) atoms. The number of hydrogen-bond acceptors (Lipinski definition) is 3. The molecule has 0 saturated heterocycles. The number of benzene rings is 1. The SMILES string of the molecule is Nc1nc2c(F)cccc2n1Cc1cccs1. The minimum Gasteiger partial charge on any atom is -0.369 e. The molecule has 0 spiro atoms. The maximum atomic E-state index is 13.5. The normalized spacial score (nSPS) is 11.1. The highest BCUT2D eigenvalue weighted by atomic mass is 32.1. The zero-order chi connectivity index (χ0) is 11.8. The number of nitrogens with two attached hydrogens (primary N) is 1. The Morgan fingerprint density at radius 2 is 2.18 bits per heavy atom. The third kappa shape index (κ3) is 1.68. The predicted molar refractivity (Wildman–Crippen MR) is 67.5 cm³/mol.